The lowest BCUT2D eigenvalue weighted by atomic mass is 9.90. The first-order chi connectivity index (χ1) is 11.8. The Hall–Kier alpha value is -2.93. The van der Waals surface area contributed by atoms with Crippen LogP contribution in [0.25, 0.3) is 11.1 Å². The van der Waals surface area contributed by atoms with Gasteiger partial charge < -0.3 is 10.4 Å². The monoisotopic (exact) mass is 359 g/mol. The third-order valence-electron chi connectivity index (χ3n) is 4.10. The highest BCUT2D eigenvalue weighted by atomic mass is 35.5. The minimum absolute atomic E-state index is 0.361. The van der Waals surface area contributed by atoms with Crippen molar-refractivity contribution in [2.24, 2.45) is 0 Å². The highest BCUT2D eigenvalue weighted by Crippen LogP contribution is 2.32. The second-order valence-corrected chi connectivity index (χ2v) is 6.12. The first-order valence-electron chi connectivity index (χ1n) is 7.40. The lowest BCUT2D eigenvalue weighted by Crippen LogP contribution is -2.41. The van der Waals surface area contributed by atoms with Crippen molar-refractivity contribution in [1.82, 2.24) is 15.2 Å². The Labute approximate surface area is 148 Å². The standard InChI is InChI=1S/C17H14ClN3O4/c1-17(15(24)21(9-13(22)23)16(25)20-17)11-6-4-10(5-7-11)12-3-2-8-19-14(12)18/h2-8H,9H2,1H3,(H,20,25)(H,22,23). The van der Waals surface area contributed by atoms with Gasteiger partial charge in [-0.25, -0.2) is 9.78 Å². The van der Waals surface area contributed by atoms with Crippen LogP contribution in [0.4, 0.5) is 4.79 Å². The number of aliphatic carboxylic acids is 1. The summed E-state index contributed by atoms with van der Waals surface area (Å²) in [4.78, 5) is 40.0. The van der Waals surface area contributed by atoms with Crippen molar-refractivity contribution in [2.45, 2.75) is 12.5 Å². The third-order valence-corrected chi connectivity index (χ3v) is 4.40. The average molecular weight is 360 g/mol. The number of halogens is 1. The van der Waals surface area contributed by atoms with Crippen molar-refractivity contribution >= 4 is 29.5 Å². The second kappa shape index (κ2) is 6.18. The van der Waals surface area contributed by atoms with E-state index in [4.69, 9.17) is 16.7 Å². The molecule has 1 aliphatic heterocycles. The molecule has 3 amide bonds. The van der Waals surface area contributed by atoms with E-state index in [1.807, 2.05) is 6.07 Å². The number of hydrogen-bond acceptors (Lipinski definition) is 4. The molecule has 1 aromatic carbocycles. The van der Waals surface area contributed by atoms with Crippen LogP contribution in [0, 0.1) is 0 Å². The molecule has 0 spiro atoms. The predicted octanol–water partition coefficient (Wildman–Crippen LogP) is 2.25. The molecular formula is C17H14ClN3O4. The largest absolute Gasteiger partial charge is 0.480 e. The number of nitrogens with zero attached hydrogens (tertiary/aromatic N) is 2. The maximum absolute atomic E-state index is 12.5. The van der Waals surface area contributed by atoms with E-state index in [0.29, 0.717) is 15.6 Å². The molecule has 25 heavy (non-hydrogen) atoms. The Kier molecular flexibility index (Phi) is 4.18. The molecule has 0 bridgehead atoms. The van der Waals surface area contributed by atoms with E-state index in [1.54, 1.807) is 43.5 Å². The van der Waals surface area contributed by atoms with Gasteiger partial charge in [-0.2, -0.15) is 0 Å². The normalized spacial score (nSPS) is 19.8. The van der Waals surface area contributed by atoms with E-state index in [9.17, 15) is 14.4 Å². The number of urea groups is 1. The lowest BCUT2D eigenvalue weighted by molar-refractivity contribution is -0.142. The van der Waals surface area contributed by atoms with Crippen LogP contribution >= 0.6 is 11.6 Å². The van der Waals surface area contributed by atoms with Crippen LogP contribution in [-0.4, -0.2) is 39.4 Å². The van der Waals surface area contributed by atoms with Crippen LogP contribution in [-0.2, 0) is 15.1 Å². The van der Waals surface area contributed by atoms with E-state index in [2.05, 4.69) is 10.3 Å². The Bertz CT molecular complexity index is 868. The molecule has 7 nitrogen and oxygen atoms in total. The molecule has 1 aliphatic rings. The van der Waals surface area contributed by atoms with Crippen molar-refractivity contribution < 1.29 is 19.5 Å². The molecule has 1 fully saturated rings. The van der Waals surface area contributed by atoms with E-state index in [0.717, 1.165) is 11.1 Å². The van der Waals surface area contributed by atoms with Gasteiger partial charge in [-0.05, 0) is 30.2 Å². The third kappa shape index (κ3) is 2.94. The topological polar surface area (TPSA) is 99.6 Å². The maximum Gasteiger partial charge on any atom is 0.325 e. The minimum atomic E-state index is -1.32. The number of aromatic nitrogens is 1. The highest BCUT2D eigenvalue weighted by Gasteiger charge is 2.49. The van der Waals surface area contributed by atoms with Crippen molar-refractivity contribution in [1.29, 1.82) is 0 Å². The molecule has 0 saturated carbocycles. The number of imide groups is 1. The number of nitrogens with one attached hydrogen (secondary N) is 1. The molecule has 2 heterocycles. The van der Waals surface area contributed by atoms with Crippen LogP contribution in [0.3, 0.4) is 0 Å². The molecule has 1 saturated heterocycles. The number of carboxylic acid groups (broad SMARTS) is 1. The summed E-state index contributed by atoms with van der Waals surface area (Å²) in [6, 6.07) is 9.78. The van der Waals surface area contributed by atoms with Gasteiger partial charge in [-0.1, -0.05) is 35.9 Å². The zero-order valence-electron chi connectivity index (χ0n) is 13.2. The van der Waals surface area contributed by atoms with E-state index in [1.165, 1.54) is 0 Å². The summed E-state index contributed by atoms with van der Waals surface area (Å²) in [5.74, 6) is -1.86. The van der Waals surface area contributed by atoms with Crippen molar-refractivity contribution in [3.63, 3.8) is 0 Å². The lowest BCUT2D eigenvalue weighted by Gasteiger charge is -2.22. The molecule has 2 N–H and O–H groups in total. The molecule has 1 atom stereocenters. The number of amides is 3. The molecule has 1 unspecified atom stereocenters. The predicted molar refractivity (Wildman–Crippen MR) is 89.9 cm³/mol. The Balaban J connectivity index is 1.92. The summed E-state index contributed by atoms with van der Waals surface area (Å²) in [6.45, 7) is 0.866. The molecule has 1 aromatic heterocycles. The quantitative estimate of drug-likeness (QED) is 0.644. The molecule has 128 valence electrons. The first kappa shape index (κ1) is 16.9. The van der Waals surface area contributed by atoms with Crippen molar-refractivity contribution in [3.05, 3.63) is 53.3 Å². The van der Waals surface area contributed by atoms with Gasteiger partial charge in [0.25, 0.3) is 5.91 Å². The van der Waals surface area contributed by atoms with Gasteiger partial charge in [0.15, 0.2) is 0 Å². The number of carbonyl (C=O) groups is 3. The molecular weight excluding hydrogens is 346 g/mol. The van der Waals surface area contributed by atoms with Crippen molar-refractivity contribution in [3.8, 4) is 11.1 Å². The molecule has 2 aromatic rings. The number of rotatable bonds is 4. The van der Waals surface area contributed by atoms with Crippen LogP contribution in [0.2, 0.25) is 5.15 Å². The summed E-state index contributed by atoms with van der Waals surface area (Å²) in [6.07, 6.45) is 1.59. The summed E-state index contributed by atoms with van der Waals surface area (Å²) < 4.78 is 0. The number of benzene rings is 1. The van der Waals surface area contributed by atoms with E-state index < -0.39 is 30.0 Å². The van der Waals surface area contributed by atoms with Gasteiger partial charge in [0.05, 0.1) is 0 Å². The fourth-order valence-corrected chi connectivity index (χ4v) is 2.98. The molecule has 0 radical (unpaired) electrons. The summed E-state index contributed by atoms with van der Waals surface area (Å²) in [7, 11) is 0. The summed E-state index contributed by atoms with van der Waals surface area (Å²) in [5, 5.41) is 11.8. The van der Waals surface area contributed by atoms with Crippen LogP contribution in [0.5, 0.6) is 0 Å². The molecule has 8 heteroatoms. The number of pyridine rings is 1. The first-order valence-corrected chi connectivity index (χ1v) is 7.78. The van der Waals surface area contributed by atoms with Gasteiger partial charge in [0, 0.05) is 11.8 Å². The maximum atomic E-state index is 12.5. The van der Waals surface area contributed by atoms with Crippen LogP contribution in [0.1, 0.15) is 12.5 Å². The van der Waals surface area contributed by atoms with Gasteiger partial charge in [-0.3, -0.25) is 14.5 Å². The Morgan fingerprint density at radius 2 is 1.96 bits per heavy atom. The molecule has 0 aliphatic carbocycles. The van der Waals surface area contributed by atoms with Gasteiger partial charge >= 0.3 is 12.0 Å². The molecule has 3 rings (SSSR count). The number of carboxylic acids is 1. The van der Waals surface area contributed by atoms with Gasteiger partial charge in [0.1, 0.15) is 17.2 Å². The van der Waals surface area contributed by atoms with E-state index >= 15 is 0 Å². The fraction of sp³-hybridized carbons (Fsp3) is 0.176. The summed E-state index contributed by atoms with van der Waals surface area (Å²) >= 11 is 6.08. The Morgan fingerprint density at radius 3 is 2.56 bits per heavy atom. The van der Waals surface area contributed by atoms with Crippen LogP contribution < -0.4 is 5.32 Å². The van der Waals surface area contributed by atoms with Crippen LogP contribution in [0.15, 0.2) is 42.6 Å². The number of hydrogen-bond donors (Lipinski definition) is 2. The highest BCUT2D eigenvalue weighted by molar-refractivity contribution is 6.32. The number of carbonyl (C=O) groups excluding carboxylic acids is 2. The average Bonchev–Trinajstić information content (AvgIpc) is 2.79. The van der Waals surface area contributed by atoms with Gasteiger partial charge in [0.2, 0.25) is 0 Å². The van der Waals surface area contributed by atoms with Crippen molar-refractivity contribution in [2.75, 3.05) is 6.54 Å². The zero-order valence-corrected chi connectivity index (χ0v) is 13.9. The van der Waals surface area contributed by atoms with Gasteiger partial charge in [-0.15, -0.1) is 0 Å². The SMILES string of the molecule is CC1(c2ccc(-c3cccnc3Cl)cc2)NC(=O)N(CC(=O)O)C1=O. The van der Waals surface area contributed by atoms with E-state index in [-0.39, 0.29) is 0 Å². The second-order valence-electron chi connectivity index (χ2n) is 5.76. The fourth-order valence-electron chi connectivity index (χ4n) is 2.76. The zero-order chi connectivity index (χ0) is 18.2. The minimum Gasteiger partial charge on any atom is -0.480 e. The summed E-state index contributed by atoms with van der Waals surface area (Å²) in [5.41, 5.74) is 0.784. The smallest absolute Gasteiger partial charge is 0.325 e. The Morgan fingerprint density at radius 1 is 1.28 bits per heavy atom.